The van der Waals surface area contributed by atoms with Crippen LogP contribution in [0.1, 0.15) is 22.9 Å². The molecule has 0 fully saturated rings. The third-order valence-corrected chi connectivity index (χ3v) is 3.62. The molecule has 3 aromatic rings. The zero-order valence-corrected chi connectivity index (χ0v) is 13.2. The first kappa shape index (κ1) is 14.5. The molecule has 0 spiro atoms. The Labute approximate surface area is 136 Å². The molecule has 110 valence electrons. The second-order valence-electron chi connectivity index (χ2n) is 4.73. The smallest absolute Gasteiger partial charge is 0.240 e. The number of hydrogen-bond donors (Lipinski definition) is 1. The third-order valence-electron chi connectivity index (χ3n) is 3.09. The zero-order chi connectivity index (χ0) is 15.4. The summed E-state index contributed by atoms with van der Waals surface area (Å²) in [6.45, 7) is 0. The van der Waals surface area contributed by atoms with E-state index >= 15 is 0 Å². The lowest BCUT2D eigenvalue weighted by molar-refractivity contribution is 0.474. The van der Waals surface area contributed by atoms with Gasteiger partial charge in [0.15, 0.2) is 0 Å². The van der Waals surface area contributed by atoms with Crippen LogP contribution in [0.4, 0.5) is 0 Å². The van der Waals surface area contributed by atoms with Crippen molar-refractivity contribution in [3.63, 3.8) is 0 Å². The molecule has 1 N–H and O–H groups in total. The van der Waals surface area contributed by atoms with Gasteiger partial charge in [-0.25, -0.2) is 0 Å². The number of rotatable bonds is 4. The van der Waals surface area contributed by atoms with E-state index in [9.17, 15) is 5.11 Å². The summed E-state index contributed by atoms with van der Waals surface area (Å²) >= 11 is 3.40. The molecule has 0 unspecified atom stereocenters. The fourth-order valence-corrected chi connectivity index (χ4v) is 2.24. The molecule has 0 aliphatic carbocycles. The number of halogens is 1. The molecular formula is C17H13BrN2O2. The van der Waals surface area contributed by atoms with Gasteiger partial charge in [-0.3, -0.25) is 0 Å². The highest BCUT2D eigenvalue weighted by atomic mass is 79.9. The number of aromatic nitrogens is 2. The quantitative estimate of drug-likeness (QED) is 0.756. The maximum absolute atomic E-state index is 9.69. The summed E-state index contributed by atoms with van der Waals surface area (Å²) in [5.41, 5.74) is 1.80. The predicted octanol–water partition coefficient (Wildman–Crippen LogP) is 4.30. The average molecular weight is 357 g/mol. The number of phenolic OH excluding ortho intramolecular Hbond substituents is 1. The minimum absolute atomic E-state index is 0.216. The highest BCUT2D eigenvalue weighted by molar-refractivity contribution is 9.10. The summed E-state index contributed by atoms with van der Waals surface area (Å²) in [7, 11) is 0. The Kier molecular flexibility index (Phi) is 4.34. The van der Waals surface area contributed by atoms with Crippen LogP contribution in [-0.2, 0) is 6.42 Å². The number of para-hydroxylation sites is 1. The molecule has 0 aliphatic heterocycles. The van der Waals surface area contributed by atoms with Gasteiger partial charge >= 0.3 is 0 Å². The molecule has 1 aromatic heterocycles. The average Bonchev–Trinajstić information content (AvgIpc) is 2.96. The maximum Gasteiger partial charge on any atom is 0.240 e. The number of nitrogens with zero attached hydrogens (tertiary/aromatic N) is 2. The summed E-state index contributed by atoms with van der Waals surface area (Å²) in [4.78, 5) is 0. The van der Waals surface area contributed by atoms with Crippen molar-refractivity contribution in [2.75, 3.05) is 0 Å². The van der Waals surface area contributed by atoms with Crippen LogP contribution in [-0.4, -0.2) is 15.3 Å². The molecule has 0 amide bonds. The summed E-state index contributed by atoms with van der Waals surface area (Å²) in [6.07, 6.45) is 4.02. The van der Waals surface area contributed by atoms with E-state index < -0.39 is 0 Å². The largest absolute Gasteiger partial charge is 0.507 e. The Bertz CT molecular complexity index is 794. The predicted molar refractivity (Wildman–Crippen MR) is 88.3 cm³/mol. The van der Waals surface area contributed by atoms with Crippen LogP contribution in [0.5, 0.6) is 5.75 Å². The SMILES string of the molecule is Oc1ccccc1/C=C/c1nnc(Cc2ccc(Br)cc2)o1. The second-order valence-corrected chi connectivity index (χ2v) is 5.65. The molecular weight excluding hydrogens is 344 g/mol. The van der Waals surface area contributed by atoms with Crippen molar-refractivity contribution in [1.82, 2.24) is 10.2 Å². The molecule has 2 aromatic carbocycles. The van der Waals surface area contributed by atoms with E-state index in [1.165, 1.54) is 0 Å². The molecule has 0 bridgehead atoms. The highest BCUT2D eigenvalue weighted by Gasteiger charge is 2.05. The normalized spacial score (nSPS) is 11.1. The van der Waals surface area contributed by atoms with E-state index in [1.807, 2.05) is 36.4 Å². The van der Waals surface area contributed by atoms with E-state index in [4.69, 9.17) is 4.42 Å². The maximum atomic E-state index is 9.69. The van der Waals surface area contributed by atoms with Crippen LogP contribution in [0.25, 0.3) is 12.2 Å². The molecule has 22 heavy (non-hydrogen) atoms. The van der Waals surface area contributed by atoms with Gasteiger partial charge in [0.1, 0.15) is 5.75 Å². The van der Waals surface area contributed by atoms with Crippen molar-refractivity contribution >= 4 is 28.1 Å². The van der Waals surface area contributed by atoms with E-state index in [0.717, 1.165) is 10.0 Å². The van der Waals surface area contributed by atoms with Crippen LogP contribution in [0.3, 0.4) is 0 Å². The molecule has 0 atom stereocenters. The molecule has 0 radical (unpaired) electrons. The first-order chi connectivity index (χ1) is 10.7. The van der Waals surface area contributed by atoms with Crippen LogP contribution in [0.15, 0.2) is 57.4 Å². The fourth-order valence-electron chi connectivity index (χ4n) is 1.97. The van der Waals surface area contributed by atoms with Crippen molar-refractivity contribution in [1.29, 1.82) is 0 Å². The zero-order valence-electron chi connectivity index (χ0n) is 11.6. The Morgan fingerprint density at radius 2 is 1.77 bits per heavy atom. The molecule has 3 rings (SSSR count). The second kappa shape index (κ2) is 6.58. The Hall–Kier alpha value is -2.40. The van der Waals surface area contributed by atoms with Crippen molar-refractivity contribution in [2.24, 2.45) is 0 Å². The van der Waals surface area contributed by atoms with Crippen LogP contribution in [0, 0.1) is 0 Å². The third kappa shape index (κ3) is 3.62. The first-order valence-electron chi connectivity index (χ1n) is 6.73. The lowest BCUT2D eigenvalue weighted by atomic mass is 10.1. The number of benzene rings is 2. The van der Waals surface area contributed by atoms with Crippen LogP contribution < -0.4 is 0 Å². The minimum Gasteiger partial charge on any atom is -0.507 e. The summed E-state index contributed by atoms with van der Waals surface area (Å²) in [6, 6.07) is 15.0. The molecule has 1 heterocycles. The van der Waals surface area contributed by atoms with E-state index in [1.54, 1.807) is 24.3 Å². The summed E-state index contributed by atoms with van der Waals surface area (Å²) in [5, 5.41) is 17.7. The number of hydrogen-bond acceptors (Lipinski definition) is 4. The van der Waals surface area contributed by atoms with Crippen molar-refractivity contribution in [3.8, 4) is 5.75 Å². The van der Waals surface area contributed by atoms with E-state index in [-0.39, 0.29) is 5.75 Å². The standard InChI is InChI=1S/C17H13BrN2O2/c18-14-8-5-12(6-9-14)11-17-20-19-16(22-17)10-7-13-3-1-2-4-15(13)21/h1-10,21H,11H2/b10-7+. The van der Waals surface area contributed by atoms with Crippen LogP contribution >= 0.6 is 15.9 Å². The lowest BCUT2D eigenvalue weighted by Crippen LogP contribution is -1.87. The van der Waals surface area contributed by atoms with Gasteiger partial charge in [0.05, 0.1) is 6.42 Å². The van der Waals surface area contributed by atoms with Crippen molar-refractivity contribution < 1.29 is 9.52 Å². The van der Waals surface area contributed by atoms with Gasteiger partial charge in [-0.1, -0.05) is 46.3 Å². The van der Waals surface area contributed by atoms with Gasteiger partial charge in [-0.15, -0.1) is 10.2 Å². The van der Waals surface area contributed by atoms with Crippen molar-refractivity contribution in [3.05, 3.63) is 75.9 Å². The van der Waals surface area contributed by atoms with Gasteiger partial charge in [0, 0.05) is 16.1 Å². The summed E-state index contributed by atoms with van der Waals surface area (Å²) < 4.78 is 6.61. The summed E-state index contributed by atoms with van der Waals surface area (Å²) in [5.74, 6) is 1.18. The van der Waals surface area contributed by atoms with Gasteiger partial charge in [-0.05, 0) is 29.8 Å². The Balaban J connectivity index is 1.71. The molecule has 0 saturated heterocycles. The molecule has 0 aliphatic rings. The number of aromatic hydroxyl groups is 1. The minimum atomic E-state index is 0.216. The highest BCUT2D eigenvalue weighted by Crippen LogP contribution is 2.19. The van der Waals surface area contributed by atoms with Gasteiger partial charge < -0.3 is 9.52 Å². The van der Waals surface area contributed by atoms with Gasteiger partial charge in [0.25, 0.3) is 0 Å². The first-order valence-corrected chi connectivity index (χ1v) is 7.53. The Morgan fingerprint density at radius 3 is 2.55 bits per heavy atom. The molecule has 5 heteroatoms. The topological polar surface area (TPSA) is 59.2 Å². The fraction of sp³-hybridized carbons (Fsp3) is 0.0588. The Morgan fingerprint density at radius 1 is 1.00 bits per heavy atom. The van der Waals surface area contributed by atoms with E-state index in [2.05, 4.69) is 26.1 Å². The van der Waals surface area contributed by atoms with Gasteiger partial charge in [-0.2, -0.15) is 0 Å². The molecule has 4 nitrogen and oxygen atoms in total. The monoisotopic (exact) mass is 356 g/mol. The van der Waals surface area contributed by atoms with Crippen LogP contribution in [0.2, 0.25) is 0 Å². The van der Waals surface area contributed by atoms with E-state index in [0.29, 0.717) is 23.8 Å². The molecule has 0 saturated carbocycles. The van der Waals surface area contributed by atoms with Gasteiger partial charge in [0.2, 0.25) is 11.8 Å². The number of phenols is 1. The van der Waals surface area contributed by atoms with Crippen molar-refractivity contribution in [2.45, 2.75) is 6.42 Å². The lowest BCUT2D eigenvalue weighted by Gasteiger charge is -1.97.